The van der Waals surface area contributed by atoms with Crippen LogP contribution in [-0.2, 0) is 9.59 Å². The van der Waals surface area contributed by atoms with Crippen LogP contribution in [0, 0.1) is 0 Å². The summed E-state index contributed by atoms with van der Waals surface area (Å²) in [6.45, 7) is 1.75. The second kappa shape index (κ2) is 13700. The van der Waals surface area contributed by atoms with E-state index in [1.807, 2.05) is 6.79 Å². The van der Waals surface area contributed by atoms with E-state index >= 15 is 0 Å². The van der Waals surface area contributed by atoms with E-state index in [0.717, 1.165) is 0 Å². The van der Waals surface area contributed by atoms with Gasteiger partial charge in [0, 0.05) is 0 Å². The van der Waals surface area contributed by atoms with Crippen molar-refractivity contribution in [1.82, 2.24) is 0 Å². The van der Waals surface area contributed by atoms with E-state index in [4.69, 9.17) is 14.7 Å². The minimum atomic E-state index is -0.250. The molecule has 0 radical (unpaired) electrons. The minimum absolute atomic E-state index is 0. The molecule has 0 unspecified atom stereocenters. The molecular weight excluding hydrogens is 120 g/mol. The molecule has 0 saturated carbocycles. The van der Waals surface area contributed by atoms with Crippen LogP contribution in [0.25, 0.3) is 0 Å². The van der Waals surface area contributed by atoms with Crippen LogP contribution in [0.4, 0.5) is 0 Å². The molecule has 3 heteroatoms. The summed E-state index contributed by atoms with van der Waals surface area (Å²) in [6.07, 6.45) is 0. The van der Waals surface area contributed by atoms with Gasteiger partial charge in [0.05, 0.1) is 0 Å². The molecule has 0 atom stereocenters. The monoisotopic (exact) mass is 140 g/mol. The predicted molar refractivity (Wildman–Crippen MR) is 42.7 cm³/mol. The van der Waals surface area contributed by atoms with E-state index in [1.54, 1.807) is 0 Å². The second-order valence-corrected chi connectivity index (χ2v) is 0.105. The second-order valence-electron chi connectivity index (χ2n) is 0.105. The van der Waals surface area contributed by atoms with Crippen molar-refractivity contribution in [3.05, 3.63) is 0 Å². The first-order valence-electron chi connectivity index (χ1n) is 0.783. The third kappa shape index (κ3) is 255. The molecule has 0 aliphatic carbocycles. The highest BCUT2D eigenvalue weighted by molar-refractivity contribution is 5.32. The molecule has 1 N–H and O–H groups in total. The fourth-order valence-corrected chi connectivity index (χ4v) is 0. The Hall–Kier alpha value is -0.860. The normalized spacial score (nSPS) is 1.78. The van der Waals surface area contributed by atoms with Crippen LogP contribution in [-0.4, -0.2) is 18.4 Å². The van der Waals surface area contributed by atoms with Crippen LogP contribution in [0.15, 0.2) is 0 Å². The summed E-state index contributed by atoms with van der Waals surface area (Å²) in [7, 11) is 0. The van der Waals surface area contributed by atoms with Gasteiger partial charge < -0.3 is 9.90 Å². The molecule has 0 aliphatic rings. The maximum absolute atomic E-state index is 8.36. The molecule has 9 heavy (non-hydrogen) atoms. The van der Waals surface area contributed by atoms with E-state index in [9.17, 15) is 0 Å². The van der Waals surface area contributed by atoms with Gasteiger partial charge in [-0.3, -0.25) is 4.79 Å². The molecule has 0 spiro atoms. The quantitative estimate of drug-likeness (QED) is 0.524. The maximum atomic E-state index is 8.36. The first kappa shape index (κ1) is 90.6. The molecule has 0 aliphatic heterocycles. The molecule has 0 fully saturated rings. The van der Waals surface area contributed by atoms with Gasteiger partial charge in [-0.2, -0.15) is 0 Å². The summed E-state index contributed by atoms with van der Waals surface area (Å²) in [5.41, 5.74) is 0. The zero-order valence-corrected chi connectivity index (χ0v) is 2.55. The van der Waals surface area contributed by atoms with Gasteiger partial charge in [0.2, 0.25) is 0 Å². The van der Waals surface area contributed by atoms with Crippen molar-refractivity contribution in [3.8, 4) is 0 Å². The van der Waals surface area contributed by atoms with Crippen LogP contribution in [0.2, 0.25) is 0 Å². The highest BCUT2D eigenvalue weighted by Crippen LogP contribution is 0.966. The Kier molecular flexibility index (Phi) is 138000. The average Bonchev–Trinajstić information content (AvgIpc) is 1.46. The summed E-state index contributed by atoms with van der Waals surface area (Å²) >= 11 is 0. The molecule has 0 rings (SSSR count). The fourth-order valence-electron chi connectivity index (χ4n) is 0. The number of rotatable bonds is 0. The SMILES string of the molecule is C.C.C.C.C=O.O=CO. The molecule has 0 amide bonds. The highest BCUT2D eigenvalue weighted by Gasteiger charge is 1.22. The first-order chi connectivity index (χ1) is 2.41. The predicted octanol–water partition coefficient (Wildman–Crippen LogP) is 2.06. The lowest BCUT2D eigenvalue weighted by Crippen LogP contribution is -1.49. The molecular formula is C6H20O3. The standard InChI is InChI=1S/CH2O2.CH2O.4CH4/c2-1-3;1-2;;;;/h1H,(H,2,3);1H2;4*1H4. The highest BCUT2D eigenvalue weighted by atomic mass is 16.3. The van der Waals surface area contributed by atoms with Gasteiger partial charge in [0.1, 0.15) is 6.79 Å². The van der Waals surface area contributed by atoms with Crippen molar-refractivity contribution in [3.63, 3.8) is 0 Å². The number of carbonyl (C=O) groups is 2. The van der Waals surface area contributed by atoms with Crippen LogP contribution in [0.3, 0.4) is 0 Å². The molecule has 0 aromatic heterocycles. The van der Waals surface area contributed by atoms with Gasteiger partial charge in [-0.1, -0.05) is 29.7 Å². The third-order valence-corrected chi connectivity index (χ3v) is 0. The Labute approximate surface area is 58.7 Å². The Bertz CT molecular complexity index is 22.3. The van der Waals surface area contributed by atoms with E-state index in [2.05, 4.69) is 0 Å². The summed E-state index contributed by atoms with van der Waals surface area (Å²) < 4.78 is 0. The molecule has 0 bridgehead atoms. The van der Waals surface area contributed by atoms with Gasteiger partial charge in [0.15, 0.2) is 0 Å². The summed E-state index contributed by atoms with van der Waals surface area (Å²) in [5.74, 6) is 0. The molecule has 0 aromatic carbocycles. The number of carbonyl (C=O) groups excluding carboxylic acids is 1. The van der Waals surface area contributed by atoms with Gasteiger partial charge in [-0.05, 0) is 0 Å². The van der Waals surface area contributed by atoms with E-state index in [1.165, 1.54) is 0 Å². The topological polar surface area (TPSA) is 54.4 Å². The molecule has 0 aromatic rings. The van der Waals surface area contributed by atoms with Crippen molar-refractivity contribution < 1.29 is 14.7 Å². The van der Waals surface area contributed by atoms with Crippen LogP contribution in [0.5, 0.6) is 0 Å². The lowest BCUT2D eigenvalue weighted by molar-refractivity contribution is -0.122. The van der Waals surface area contributed by atoms with Gasteiger partial charge in [-0.15, -0.1) is 0 Å². The largest absolute Gasteiger partial charge is 0.483 e. The summed E-state index contributed by atoms with van der Waals surface area (Å²) in [4.78, 5) is 16.4. The zero-order valence-electron chi connectivity index (χ0n) is 2.55. The fraction of sp³-hybridized carbons (Fsp3) is 0.667. The van der Waals surface area contributed by atoms with Crippen molar-refractivity contribution >= 4 is 13.3 Å². The van der Waals surface area contributed by atoms with Gasteiger partial charge >= 0.3 is 0 Å². The molecule has 3 nitrogen and oxygen atoms in total. The van der Waals surface area contributed by atoms with E-state index < -0.39 is 0 Å². The van der Waals surface area contributed by atoms with Crippen molar-refractivity contribution in [2.45, 2.75) is 29.7 Å². The van der Waals surface area contributed by atoms with Crippen LogP contribution in [0.1, 0.15) is 29.7 Å². The Morgan fingerprint density at radius 3 is 1.00 bits per heavy atom. The van der Waals surface area contributed by atoms with Crippen molar-refractivity contribution in [2.75, 3.05) is 0 Å². The molecule has 62 valence electrons. The van der Waals surface area contributed by atoms with Gasteiger partial charge in [0.25, 0.3) is 6.47 Å². The van der Waals surface area contributed by atoms with Crippen molar-refractivity contribution in [2.24, 2.45) is 0 Å². The maximum Gasteiger partial charge on any atom is 0.290 e. The third-order valence-electron chi connectivity index (χ3n) is 0. The van der Waals surface area contributed by atoms with Crippen LogP contribution >= 0.6 is 0 Å². The molecule has 0 heterocycles. The Morgan fingerprint density at radius 2 is 1.00 bits per heavy atom. The van der Waals surface area contributed by atoms with Gasteiger partial charge in [-0.25, -0.2) is 0 Å². The Morgan fingerprint density at radius 1 is 1.00 bits per heavy atom. The summed E-state index contributed by atoms with van der Waals surface area (Å²) in [5, 5.41) is 6.89. The number of hydrogen-bond donors (Lipinski definition) is 1. The Balaban J connectivity index is -0.00000000357. The lowest BCUT2D eigenvalue weighted by Gasteiger charge is -1.34. The minimum Gasteiger partial charge on any atom is -0.483 e. The summed E-state index contributed by atoms with van der Waals surface area (Å²) in [6, 6.07) is 0. The number of hydrogen-bond acceptors (Lipinski definition) is 2. The average molecular weight is 140 g/mol. The molecule has 0 saturated heterocycles. The first-order valence-corrected chi connectivity index (χ1v) is 0.783. The van der Waals surface area contributed by atoms with E-state index in [0.29, 0.717) is 0 Å². The van der Waals surface area contributed by atoms with E-state index in [-0.39, 0.29) is 36.2 Å². The van der Waals surface area contributed by atoms with Crippen molar-refractivity contribution in [1.29, 1.82) is 0 Å². The lowest BCUT2D eigenvalue weighted by atomic mass is 11.7. The number of carboxylic acid groups (broad SMARTS) is 1. The van der Waals surface area contributed by atoms with Crippen LogP contribution < -0.4 is 0 Å². The zero-order chi connectivity index (χ0) is 4.71. The smallest absolute Gasteiger partial charge is 0.290 e.